The Labute approximate surface area is 128 Å². The summed E-state index contributed by atoms with van der Waals surface area (Å²) in [6, 6.07) is 0.780. The van der Waals surface area contributed by atoms with E-state index in [4.69, 9.17) is 5.73 Å². The van der Waals surface area contributed by atoms with Crippen LogP contribution in [0.1, 0.15) is 44.7 Å². The molecular formula is C16H29N5. The molecular weight excluding hydrogens is 262 g/mol. The van der Waals surface area contributed by atoms with E-state index in [-0.39, 0.29) is 0 Å². The lowest BCUT2D eigenvalue weighted by Gasteiger charge is -2.41. The molecule has 3 rings (SSSR count). The van der Waals surface area contributed by atoms with Gasteiger partial charge in [-0.15, -0.1) is 0 Å². The van der Waals surface area contributed by atoms with Gasteiger partial charge >= 0.3 is 0 Å². The maximum absolute atomic E-state index is 6.25. The van der Waals surface area contributed by atoms with Crippen LogP contribution in [0.5, 0.6) is 0 Å². The van der Waals surface area contributed by atoms with Gasteiger partial charge in [0.2, 0.25) is 0 Å². The van der Waals surface area contributed by atoms with E-state index in [1.807, 2.05) is 6.92 Å². The van der Waals surface area contributed by atoms with Crippen LogP contribution < -0.4 is 10.6 Å². The van der Waals surface area contributed by atoms with E-state index < -0.39 is 0 Å². The summed E-state index contributed by atoms with van der Waals surface area (Å²) in [6.07, 6.45) is 6.70. The second-order valence-corrected chi connectivity index (χ2v) is 6.45. The van der Waals surface area contributed by atoms with Crippen LogP contribution in [0.15, 0.2) is 0 Å². The van der Waals surface area contributed by atoms with Crippen LogP contribution in [0, 0.1) is 6.92 Å². The first-order valence-electron chi connectivity index (χ1n) is 8.52. The molecule has 2 aliphatic heterocycles. The van der Waals surface area contributed by atoms with Gasteiger partial charge in [-0.3, -0.25) is 0 Å². The second-order valence-electron chi connectivity index (χ2n) is 6.45. The Hall–Kier alpha value is -1.23. The van der Waals surface area contributed by atoms with Crippen molar-refractivity contribution in [3.8, 4) is 0 Å². The molecule has 0 saturated carbocycles. The molecule has 0 amide bonds. The van der Waals surface area contributed by atoms with Crippen molar-refractivity contribution < 1.29 is 0 Å². The lowest BCUT2D eigenvalue weighted by Crippen LogP contribution is -2.47. The zero-order valence-corrected chi connectivity index (χ0v) is 13.5. The third kappa shape index (κ3) is 2.89. The Bertz CT molecular complexity index is 467. The van der Waals surface area contributed by atoms with Crippen LogP contribution in [0.4, 0.5) is 11.5 Å². The number of aromatic nitrogens is 2. The molecule has 0 radical (unpaired) electrons. The monoisotopic (exact) mass is 291 g/mol. The number of hydrogen-bond donors (Lipinski definition) is 1. The van der Waals surface area contributed by atoms with E-state index in [9.17, 15) is 0 Å². The number of nitrogen functional groups attached to an aromatic ring is 1. The average molecular weight is 291 g/mol. The number of hydrogen-bond acceptors (Lipinski definition) is 4. The van der Waals surface area contributed by atoms with E-state index in [1.165, 1.54) is 45.2 Å². The van der Waals surface area contributed by atoms with Gasteiger partial charge in [0.05, 0.1) is 11.4 Å². The lowest BCUT2D eigenvalue weighted by atomic mass is 10.00. The summed E-state index contributed by atoms with van der Waals surface area (Å²) < 4.78 is 2.06. The van der Waals surface area contributed by atoms with Crippen LogP contribution in [0.3, 0.4) is 0 Å². The minimum Gasteiger partial charge on any atom is -0.394 e. The van der Waals surface area contributed by atoms with Gasteiger partial charge in [0.1, 0.15) is 0 Å². The standard InChI is InChI=1S/C16H29N5/c1-3-21-16(15(17)13(2)18-21)20-11-7-14(8-12-20)19-9-5-4-6-10-19/h14H,3-12,17H2,1-2H3. The number of anilines is 2. The topological polar surface area (TPSA) is 50.3 Å². The first-order chi connectivity index (χ1) is 10.2. The van der Waals surface area contributed by atoms with E-state index in [0.717, 1.165) is 42.9 Å². The molecule has 118 valence electrons. The maximum atomic E-state index is 6.25. The third-order valence-corrected chi connectivity index (χ3v) is 5.12. The predicted octanol–water partition coefficient (Wildman–Crippen LogP) is 2.25. The Morgan fingerprint density at radius 3 is 2.38 bits per heavy atom. The first kappa shape index (κ1) is 14.7. The largest absolute Gasteiger partial charge is 0.394 e. The number of piperidine rings is 2. The van der Waals surface area contributed by atoms with Crippen molar-refractivity contribution in [3.63, 3.8) is 0 Å². The molecule has 2 saturated heterocycles. The van der Waals surface area contributed by atoms with Crippen LogP contribution in [-0.2, 0) is 6.54 Å². The maximum Gasteiger partial charge on any atom is 0.150 e. The molecule has 0 spiro atoms. The number of likely N-dealkylation sites (tertiary alicyclic amines) is 1. The smallest absolute Gasteiger partial charge is 0.150 e. The predicted molar refractivity (Wildman–Crippen MR) is 87.7 cm³/mol. The highest BCUT2D eigenvalue weighted by atomic mass is 15.4. The Morgan fingerprint density at radius 2 is 1.76 bits per heavy atom. The summed E-state index contributed by atoms with van der Waals surface area (Å²) in [5.41, 5.74) is 8.08. The van der Waals surface area contributed by atoms with Crippen molar-refractivity contribution in [1.82, 2.24) is 14.7 Å². The quantitative estimate of drug-likeness (QED) is 0.928. The first-order valence-corrected chi connectivity index (χ1v) is 8.52. The Morgan fingerprint density at radius 1 is 1.10 bits per heavy atom. The van der Waals surface area contributed by atoms with Crippen molar-refractivity contribution in [2.45, 2.75) is 58.5 Å². The molecule has 5 heteroatoms. The fraction of sp³-hybridized carbons (Fsp3) is 0.812. The molecule has 21 heavy (non-hydrogen) atoms. The molecule has 0 atom stereocenters. The molecule has 3 heterocycles. The minimum atomic E-state index is 0.780. The Kier molecular flexibility index (Phi) is 4.38. The van der Waals surface area contributed by atoms with Gasteiger partial charge in [0.15, 0.2) is 5.82 Å². The molecule has 2 fully saturated rings. The SMILES string of the molecule is CCn1nc(C)c(N)c1N1CCC(N2CCCCC2)CC1. The summed E-state index contributed by atoms with van der Waals surface area (Å²) in [4.78, 5) is 5.16. The fourth-order valence-electron chi connectivity index (χ4n) is 3.86. The van der Waals surface area contributed by atoms with Crippen molar-refractivity contribution in [2.24, 2.45) is 0 Å². The summed E-state index contributed by atoms with van der Waals surface area (Å²) in [5.74, 6) is 1.15. The number of rotatable bonds is 3. The van der Waals surface area contributed by atoms with Crippen molar-refractivity contribution in [3.05, 3.63) is 5.69 Å². The van der Waals surface area contributed by atoms with Crippen LogP contribution in [0.25, 0.3) is 0 Å². The van der Waals surface area contributed by atoms with E-state index in [2.05, 4.69) is 26.5 Å². The van der Waals surface area contributed by atoms with Crippen LogP contribution in [-0.4, -0.2) is 46.9 Å². The summed E-state index contributed by atoms with van der Waals surface area (Å²) in [7, 11) is 0. The van der Waals surface area contributed by atoms with Gasteiger partial charge < -0.3 is 15.5 Å². The zero-order chi connectivity index (χ0) is 14.8. The van der Waals surface area contributed by atoms with Gasteiger partial charge in [-0.2, -0.15) is 5.10 Å². The lowest BCUT2D eigenvalue weighted by molar-refractivity contribution is 0.141. The van der Waals surface area contributed by atoms with Gasteiger partial charge in [-0.05, 0) is 52.6 Å². The summed E-state index contributed by atoms with van der Waals surface area (Å²) in [6.45, 7) is 9.85. The van der Waals surface area contributed by atoms with Gasteiger partial charge in [-0.25, -0.2) is 4.68 Å². The number of aryl methyl sites for hydroxylation is 2. The molecule has 0 aliphatic carbocycles. The number of nitrogens with two attached hydrogens (primary N) is 1. The highest BCUT2D eigenvalue weighted by Crippen LogP contribution is 2.30. The van der Waals surface area contributed by atoms with Crippen molar-refractivity contribution >= 4 is 11.5 Å². The Balaban J connectivity index is 1.65. The zero-order valence-electron chi connectivity index (χ0n) is 13.5. The van der Waals surface area contributed by atoms with E-state index >= 15 is 0 Å². The van der Waals surface area contributed by atoms with E-state index in [0.29, 0.717) is 0 Å². The van der Waals surface area contributed by atoms with Gasteiger partial charge in [0.25, 0.3) is 0 Å². The normalized spacial score (nSPS) is 21.9. The highest BCUT2D eigenvalue weighted by molar-refractivity contribution is 5.66. The summed E-state index contributed by atoms with van der Waals surface area (Å²) >= 11 is 0. The highest BCUT2D eigenvalue weighted by Gasteiger charge is 2.28. The minimum absolute atomic E-state index is 0.780. The van der Waals surface area contributed by atoms with Crippen molar-refractivity contribution in [1.29, 1.82) is 0 Å². The molecule has 0 bridgehead atoms. The molecule has 1 aromatic heterocycles. The van der Waals surface area contributed by atoms with Gasteiger partial charge in [0, 0.05) is 25.7 Å². The van der Waals surface area contributed by atoms with Crippen LogP contribution >= 0.6 is 0 Å². The van der Waals surface area contributed by atoms with Crippen molar-refractivity contribution in [2.75, 3.05) is 36.8 Å². The van der Waals surface area contributed by atoms with Gasteiger partial charge in [-0.1, -0.05) is 6.42 Å². The molecule has 5 nitrogen and oxygen atoms in total. The van der Waals surface area contributed by atoms with E-state index in [1.54, 1.807) is 0 Å². The molecule has 2 aliphatic rings. The van der Waals surface area contributed by atoms with Crippen LogP contribution in [0.2, 0.25) is 0 Å². The average Bonchev–Trinajstić information content (AvgIpc) is 2.83. The molecule has 1 aromatic rings. The fourth-order valence-corrected chi connectivity index (χ4v) is 3.86. The molecule has 0 aromatic carbocycles. The second kappa shape index (κ2) is 6.26. The number of nitrogens with zero attached hydrogens (tertiary/aromatic N) is 4. The third-order valence-electron chi connectivity index (χ3n) is 5.12. The summed E-state index contributed by atoms with van der Waals surface area (Å²) in [5, 5.41) is 4.55. The molecule has 2 N–H and O–H groups in total. The molecule has 0 unspecified atom stereocenters.